The number of hydrogen-bond donors (Lipinski definition) is 1. The molecule has 2 aromatic carbocycles. The van der Waals surface area contributed by atoms with Gasteiger partial charge in [-0.15, -0.1) is 0 Å². The molecule has 0 saturated carbocycles. The lowest BCUT2D eigenvalue weighted by Gasteiger charge is -2.14. The highest BCUT2D eigenvalue weighted by atomic mass is 79.9. The van der Waals surface area contributed by atoms with Crippen LogP contribution in [0.4, 0.5) is 5.69 Å². The molecule has 0 atom stereocenters. The van der Waals surface area contributed by atoms with E-state index in [9.17, 15) is 9.59 Å². The van der Waals surface area contributed by atoms with Crippen LogP contribution in [0.2, 0.25) is 0 Å². The van der Waals surface area contributed by atoms with Crippen molar-refractivity contribution in [2.24, 2.45) is 0 Å². The van der Waals surface area contributed by atoms with Crippen molar-refractivity contribution in [1.82, 2.24) is 0 Å². The minimum atomic E-state index is -0.224. The maximum absolute atomic E-state index is 12.9. The van der Waals surface area contributed by atoms with E-state index in [1.807, 2.05) is 32.0 Å². The van der Waals surface area contributed by atoms with E-state index < -0.39 is 0 Å². The Morgan fingerprint density at radius 2 is 1.68 bits per heavy atom. The Morgan fingerprint density at radius 1 is 1.00 bits per heavy atom. The van der Waals surface area contributed by atoms with E-state index in [0.717, 1.165) is 15.6 Å². The summed E-state index contributed by atoms with van der Waals surface area (Å²) in [6.07, 6.45) is 0. The summed E-state index contributed by atoms with van der Waals surface area (Å²) >= 11 is 6.80. The molecule has 1 N–H and O–H groups in total. The Hall–Kier alpha value is -1.46. The van der Waals surface area contributed by atoms with Gasteiger partial charge in [-0.2, -0.15) is 0 Å². The van der Waals surface area contributed by atoms with Crippen molar-refractivity contribution >= 4 is 49.2 Å². The minimum absolute atomic E-state index is 0.119. The van der Waals surface area contributed by atoms with Gasteiger partial charge in [-0.05, 0) is 53.5 Å². The van der Waals surface area contributed by atoms with E-state index in [1.165, 1.54) is 6.92 Å². The molecule has 5 heteroatoms. The fourth-order valence-corrected chi connectivity index (χ4v) is 3.51. The minimum Gasteiger partial charge on any atom is -0.325 e. The van der Waals surface area contributed by atoms with Gasteiger partial charge in [0.15, 0.2) is 5.78 Å². The molecular formula is C17H15Br2NO2. The highest BCUT2D eigenvalue weighted by Gasteiger charge is 2.19. The molecule has 2 rings (SSSR count). The highest BCUT2D eigenvalue weighted by Crippen LogP contribution is 2.33. The van der Waals surface area contributed by atoms with E-state index in [-0.39, 0.29) is 11.7 Å². The number of hydrogen-bond acceptors (Lipinski definition) is 2. The summed E-state index contributed by atoms with van der Waals surface area (Å²) in [6.45, 7) is 5.26. The van der Waals surface area contributed by atoms with Crippen molar-refractivity contribution in [3.05, 3.63) is 61.5 Å². The first-order valence-electron chi connectivity index (χ1n) is 6.68. The molecule has 0 aliphatic heterocycles. The van der Waals surface area contributed by atoms with Crippen LogP contribution >= 0.6 is 31.9 Å². The van der Waals surface area contributed by atoms with Crippen LogP contribution in [0.25, 0.3) is 0 Å². The maximum atomic E-state index is 12.9. The molecule has 0 aliphatic rings. The van der Waals surface area contributed by atoms with Crippen molar-refractivity contribution < 1.29 is 9.59 Å². The summed E-state index contributed by atoms with van der Waals surface area (Å²) in [5.41, 5.74) is 3.49. The van der Waals surface area contributed by atoms with Crippen LogP contribution in [0, 0.1) is 13.8 Å². The van der Waals surface area contributed by atoms with E-state index in [2.05, 4.69) is 37.2 Å². The number of carbonyl (C=O) groups excluding carboxylic acids is 2. The lowest BCUT2D eigenvalue weighted by Crippen LogP contribution is -2.13. The van der Waals surface area contributed by atoms with Crippen LogP contribution in [-0.4, -0.2) is 11.7 Å². The number of aryl methyl sites for hydroxylation is 2. The number of nitrogens with one attached hydrogen (secondary N) is 1. The lowest BCUT2D eigenvalue weighted by atomic mass is 9.96. The molecule has 0 aromatic heterocycles. The molecular weight excluding hydrogens is 410 g/mol. The average molecular weight is 425 g/mol. The number of carbonyl (C=O) groups is 2. The van der Waals surface area contributed by atoms with Crippen LogP contribution < -0.4 is 5.32 Å². The number of ketones is 1. The van der Waals surface area contributed by atoms with Crippen molar-refractivity contribution in [3.63, 3.8) is 0 Å². The van der Waals surface area contributed by atoms with Gasteiger partial charge in [-0.1, -0.05) is 33.6 Å². The SMILES string of the molecule is CC(=O)Nc1c(Br)cc(Br)cc1C(=O)c1cc(C)ccc1C. The Balaban J connectivity index is 2.62. The summed E-state index contributed by atoms with van der Waals surface area (Å²) in [5, 5.41) is 2.73. The first-order valence-corrected chi connectivity index (χ1v) is 8.26. The van der Waals surface area contributed by atoms with Gasteiger partial charge < -0.3 is 5.32 Å². The molecule has 0 saturated heterocycles. The van der Waals surface area contributed by atoms with E-state index >= 15 is 0 Å². The molecule has 3 nitrogen and oxygen atoms in total. The zero-order valence-electron chi connectivity index (χ0n) is 12.5. The predicted octanol–water partition coefficient (Wildman–Crippen LogP) is 5.02. The zero-order chi connectivity index (χ0) is 16.4. The number of rotatable bonds is 3. The van der Waals surface area contributed by atoms with Gasteiger partial charge in [0.05, 0.1) is 5.69 Å². The van der Waals surface area contributed by atoms with Crippen LogP contribution in [0.5, 0.6) is 0 Å². The Labute approximate surface area is 146 Å². The second-order valence-corrected chi connectivity index (χ2v) is 6.91. The molecule has 22 heavy (non-hydrogen) atoms. The molecule has 2 aromatic rings. The number of benzene rings is 2. The first kappa shape index (κ1) is 16.9. The van der Waals surface area contributed by atoms with Crippen molar-refractivity contribution in [2.75, 3.05) is 5.32 Å². The summed E-state index contributed by atoms with van der Waals surface area (Å²) < 4.78 is 1.42. The van der Waals surface area contributed by atoms with Crippen molar-refractivity contribution in [2.45, 2.75) is 20.8 Å². The third-order valence-electron chi connectivity index (χ3n) is 3.24. The quantitative estimate of drug-likeness (QED) is 0.703. The summed E-state index contributed by atoms with van der Waals surface area (Å²) in [7, 11) is 0. The van der Waals surface area contributed by atoms with Gasteiger partial charge >= 0.3 is 0 Å². The molecule has 0 fully saturated rings. The Bertz CT molecular complexity index is 769. The maximum Gasteiger partial charge on any atom is 0.221 e. The van der Waals surface area contributed by atoms with Gasteiger partial charge in [0.2, 0.25) is 5.91 Å². The highest BCUT2D eigenvalue weighted by molar-refractivity contribution is 9.11. The Kier molecular flexibility index (Phi) is 5.19. The molecule has 0 spiro atoms. The fraction of sp³-hybridized carbons (Fsp3) is 0.176. The van der Waals surface area contributed by atoms with Gasteiger partial charge in [0.1, 0.15) is 0 Å². The summed E-state index contributed by atoms with van der Waals surface area (Å²) in [4.78, 5) is 24.4. The average Bonchev–Trinajstić information content (AvgIpc) is 2.43. The van der Waals surface area contributed by atoms with Crippen LogP contribution in [0.3, 0.4) is 0 Å². The number of anilines is 1. The third kappa shape index (κ3) is 3.65. The number of amides is 1. The molecule has 114 valence electrons. The topological polar surface area (TPSA) is 46.2 Å². The molecule has 0 radical (unpaired) electrons. The molecule has 0 heterocycles. The molecule has 0 aliphatic carbocycles. The smallest absolute Gasteiger partial charge is 0.221 e. The summed E-state index contributed by atoms with van der Waals surface area (Å²) in [5.74, 6) is -0.343. The normalized spacial score (nSPS) is 10.4. The van der Waals surface area contributed by atoms with Gasteiger partial charge in [-0.25, -0.2) is 0 Å². The second kappa shape index (κ2) is 6.75. The van der Waals surface area contributed by atoms with Gasteiger partial charge in [0.25, 0.3) is 0 Å². The van der Waals surface area contributed by atoms with Crippen LogP contribution in [0.1, 0.15) is 34.0 Å². The molecule has 0 bridgehead atoms. The standard InChI is InChI=1S/C17H15Br2NO2/c1-9-4-5-10(2)13(6-9)17(22)14-7-12(18)8-15(19)16(14)20-11(3)21/h4-8H,1-3H3,(H,20,21). The van der Waals surface area contributed by atoms with E-state index in [0.29, 0.717) is 21.3 Å². The first-order chi connectivity index (χ1) is 10.3. The van der Waals surface area contributed by atoms with Crippen molar-refractivity contribution in [1.29, 1.82) is 0 Å². The largest absolute Gasteiger partial charge is 0.325 e. The van der Waals surface area contributed by atoms with Gasteiger partial charge in [0, 0.05) is 27.0 Å². The molecule has 1 amide bonds. The van der Waals surface area contributed by atoms with Crippen LogP contribution in [0.15, 0.2) is 39.3 Å². The second-order valence-electron chi connectivity index (χ2n) is 5.14. The third-order valence-corrected chi connectivity index (χ3v) is 4.32. The fourth-order valence-electron chi connectivity index (χ4n) is 2.18. The Morgan fingerprint density at radius 3 is 2.32 bits per heavy atom. The monoisotopic (exact) mass is 423 g/mol. The van der Waals surface area contributed by atoms with E-state index in [4.69, 9.17) is 0 Å². The zero-order valence-corrected chi connectivity index (χ0v) is 15.6. The van der Waals surface area contributed by atoms with E-state index in [1.54, 1.807) is 12.1 Å². The summed E-state index contributed by atoms with van der Waals surface area (Å²) in [6, 6.07) is 9.28. The van der Waals surface area contributed by atoms with Gasteiger partial charge in [-0.3, -0.25) is 9.59 Å². The number of halogens is 2. The van der Waals surface area contributed by atoms with Crippen molar-refractivity contribution in [3.8, 4) is 0 Å². The lowest BCUT2D eigenvalue weighted by molar-refractivity contribution is -0.114. The predicted molar refractivity (Wildman–Crippen MR) is 95.5 cm³/mol. The molecule has 0 unspecified atom stereocenters. The van der Waals surface area contributed by atoms with Crippen LogP contribution in [-0.2, 0) is 4.79 Å².